The van der Waals surface area contributed by atoms with E-state index in [-0.39, 0.29) is 30.9 Å². The number of ether oxygens (including phenoxy) is 3. The lowest BCUT2D eigenvalue weighted by Crippen LogP contribution is -2.35. The van der Waals surface area contributed by atoms with Crippen LogP contribution in [-0.2, 0) is 19.0 Å². The van der Waals surface area contributed by atoms with Gasteiger partial charge in [0, 0.05) is 6.92 Å². The van der Waals surface area contributed by atoms with Gasteiger partial charge in [-0.25, -0.2) is 0 Å². The summed E-state index contributed by atoms with van der Waals surface area (Å²) in [6, 6.07) is 0. The lowest BCUT2D eigenvalue weighted by molar-refractivity contribution is -0.154. The smallest absolute Gasteiger partial charge is 0.303 e. The molecule has 80 valence electrons. The van der Waals surface area contributed by atoms with Crippen LogP contribution in [0, 0.1) is 0 Å². The number of esters is 1. The monoisotopic (exact) mass is 202 g/mol. The van der Waals surface area contributed by atoms with Gasteiger partial charge < -0.3 is 19.3 Å². The minimum Gasteiger partial charge on any atom is -0.457 e. The Balaban J connectivity index is 2.07. The van der Waals surface area contributed by atoms with Crippen molar-refractivity contribution in [2.75, 3.05) is 6.61 Å². The number of hydrogen-bond acceptors (Lipinski definition) is 5. The SMILES string of the molecule is CC(=O)O[C@@H]1C2OC[C@@H](O)C2O[C@H]1C. The van der Waals surface area contributed by atoms with Crippen LogP contribution in [0.5, 0.6) is 0 Å². The highest BCUT2D eigenvalue weighted by Crippen LogP contribution is 2.32. The summed E-state index contributed by atoms with van der Waals surface area (Å²) in [5.41, 5.74) is 0. The number of carbonyl (C=O) groups excluding carboxylic acids is 1. The Bertz CT molecular complexity index is 241. The normalized spacial score (nSPS) is 46.4. The van der Waals surface area contributed by atoms with Crippen LogP contribution in [-0.4, -0.2) is 48.2 Å². The third-order valence-corrected chi connectivity index (χ3v) is 2.62. The zero-order valence-corrected chi connectivity index (χ0v) is 8.17. The molecule has 2 fully saturated rings. The first-order valence-electron chi connectivity index (χ1n) is 4.72. The predicted molar refractivity (Wildman–Crippen MR) is 45.6 cm³/mol. The lowest BCUT2D eigenvalue weighted by atomic mass is 10.1. The molecule has 14 heavy (non-hydrogen) atoms. The third kappa shape index (κ3) is 1.51. The quantitative estimate of drug-likeness (QED) is 0.579. The van der Waals surface area contributed by atoms with Crippen LogP contribution >= 0.6 is 0 Å². The van der Waals surface area contributed by atoms with E-state index in [4.69, 9.17) is 14.2 Å². The van der Waals surface area contributed by atoms with Crippen molar-refractivity contribution in [2.45, 2.75) is 44.4 Å². The lowest BCUT2D eigenvalue weighted by Gasteiger charge is -2.18. The molecule has 0 saturated carbocycles. The second-order valence-corrected chi connectivity index (χ2v) is 3.75. The molecule has 2 heterocycles. The van der Waals surface area contributed by atoms with Crippen molar-refractivity contribution in [1.82, 2.24) is 0 Å². The van der Waals surface area contributed by atoms with E-state index in [1.807, 2.05) is 6.92 Å². The molecule has 0 bridgehead atoms. The average Bonchev–Trinajstić information content (AvgIpc) is 2.57. The molecule has 0 spiro atoms. The zero-order valence-electron chi connectivity index (χ0n) is 8.17. The van der Waals surface area contributed by atoms with Crippen LogP contribution in [0.25, 0.3) is 0 Å². The van der Waals surface area contributed by atoms with Gasteiger partial charge in [-0.3, -0.25) is 4.79 Å². The van der Waals surface area contributed by atoms with Crippen molar-refractivity contribution in [2.24, 2.45) is 0 Å². The first-order valence-corrected chi connectivity index (χ1v) is 4.72. The predicted octanol–water partition coefficient (Wildman–Crippen LogP) is -0.535. The van der Waals surface area contributed by atoms with Crippen molar-refractivity contribution in [3.8, 4) is 0 Å². The summed E-state index contributed by atoms with van der Waals surface area (Å²) in [5, 5.41) is 9.48. The molecule has 0 aromatic heterocycles. The molecule has 0 aromatic rings. The Kier molecular flexibility index (Phi) is 2.47. The Morgan fingerprint density at radius 2 is 2.21 bits per heavy atom. The Hall–Kier alpha value is -0.650. The number of carbonyl (C=O) groups is 1. The Labute approximate surface area is 81.9 Å². The second-order valence-electron chi connectivity index (χ2n) is 3.75. The third-order valence-electron chi connectivity index (χ3n) is 2.62. The van der Waals surface area contributed by atoms with Crippen LogP contribution in [0.3, 0.4) is 0 Å². The van der Waals surface area contributed by atoms with Gasteiger partial charge >= 0.3 is 5.97 Å². The van der Waals surface area contributed by atoms with E-state index < -0.39 is 12.2 Å². The molecular weight excluding hydrogens is 188 g/mol. The largest absolute Gasteiger partial charge is 0.457 e. The van der Waals surface area contributed by atoms with Crippen LogP contribution in [0.4, 0.5) is 0 Å². The van der Waals surface area contributed by atoms with E-state index in [0.29, 0.717) is 0 Å². The average molecular weight is 202 g/mol. The molecule has 2 rings (SSSR count). The molecule has 0 aromatic carbocycles. The summed E-state index contributed by atoms with van der Waals surface area (Å²) in [4.78, 5) is 10.8. The molecule has 2 aliphatic heterocycles. The van der Waals surface area contributed by atoms with Crippen molar-refractivity contribution < 1.29 is 24.1 Å². The first-order chi connectivity index (χ1) is 6.59. The first kappa shape index (κ1) is 9.89. The van der Waals surface area contributed by atoms with Gasteiger partial charge in [0.1, 0.15) is 18.3 Å². The van der Waals surface area contributed by atoms with Crippen molar-refractivity contribution in [3.63, 3.8) is 0 Å². The van der Waals surface area contributed by atoms with E-state index >= 15 is 0 Å². The minimum absolute atomic E-state index is 0.219. The van der Waals surface area contributed by atoms with E-state index in [1.54, 1.807) is 0 Å². The number of fused-ring (bicyclic) bond motifs is 1. The van der Waals surface area contributed by atoms with Gasteiger partial charge in [0.15, 0.2) is 6.10 Å². The van der Waals surface area contributed by atoms with Crippen LogP contribution in [0.1, 0.15) is 13.8 Å². The highest BCUT2D eigenvalue weighted by molar-refractivity contribution is 5.66. The molecule has 2 aliphatic rings. The maximum absolute atomic E-state index is 10.8. The van der Waals surface area contributed by atoms with E-state index in [0.717, 1.165) is 0 Å². The molecule has 0 radical (unpaired) electrons. The van der Waals surface area contributed by atoms with Gasteiger partial charge in [-0.05, 0) is 6.92 Å². The maximum atomic E-state index is 10.8. The van der Waals surface area contributed by atoms with Crippen LogP contribution in [0.15, 0.2) is 0 Å². The summed E-state index contributed by atoms with van der Waals surface area (Å²) in [5.74, 6) is -0.351. The molecular formula is C9H14O5. The molecule has 5 atom stereocenters. The summed E-state index contributed by atoms with van der Waals surface area (Å²) in [7, 11) is 0. The van der Waals surface area contributed by atoms with Crippen molar-refractivity contribution in [3.05, 3.63) is 0 Å². The van der Waals surface area contributed by atoms with Gasteiger partial charge in [-0.1, -0.05) is 0 Å². The van der Waals surface area contributed by atoms with E-state index in [9.17, 15) is 9.90 Å². The molecule has 5 nitrogen and oxygen atoms in total. The molecule has 5 heteroatoms. The summed E-state index contributed by atoms with van der Waals surface area (Å²) >= 11 is 0. The zero-order chi connectivity index (χ0) is 10.3. The fourth-order valence-corrected chi connectivity index (χ4v) is 2.02. The molecule has 2 saturated heterocycles. The maximum Gasteiger partial charge on any atom is 0.303 e. The number of hydrogen-bond donors (Lipinski definition) is 1. The topological polar surface area (TPSA) is 65.0 Å². The second kappa shape index (κ2) is 3.49. The van der Waals surface area contributed by atoms with Crippen molar-refractivity contribution in [1.29, 1.82) is 0 Å². The Morgan fingerprint density at radius 1 is 1.50 bits per heavy atom. The van der Waals surface area contributed by atoms with Gasteiger partial charge in [0.2, 0.25) is 0 Å². The molecule has 1 N–H and O–H groups in total. The van der Waals surface area contributed by atoms with Gasteiger partial charge in [0.25, 0.3) is 0 Å². The van der Waals surface area contributed by atoms with Gasteiger partial charge in [-0.2, -0.15) is 0 Å². The fourth-order valence-electron chi connectivity index (χ4n) is 2.02. The summed E-state index contributed by atoms with van der Waals surface area (Å²) in [6.45, 7) is 3.41. The highest BCUT2D eigenvalue weighted by atomic mass is 16.6. The van der Waals surface area contributed by atoms with Gasteiger partial charge in [0.05, 0.1) is 12.7 Å². The molecule has 0 aliphatic carbocycles. The Morgan fingerprint density at radius 3 is 2.86 bits per heavy atom. The van der Waals surface area contributed by atoms with Crippen molar-refractivity contribution >= 4 is 5.97 Å². The minimum atomic E-state index is -0.608. The number of aliphatic hydroxyl groups excluding tert-OH is 1. The molecule has 0 amide bonds. The van der Waals surface area contributed by atoms with E-state index in [2.05, 4.69) is 0 Å². The standard InChI is InChI=1S/C9H14O5/c1-4-7(14-5(2)10)9-8(13-4)6(11)3-12-9/h4,6-9,11H,3H2,1-2H3/t4-,6+,7-,8?,9?/m0/s1. The fraction of sp³-hybridized carbons (Fsp3) is 0.889. The molecule has 2 unspecified atom stereocenters. The van der Waals surface area contributed by atoms with E-state index in [1.165, 1.54) is 6.92 Å². The van der Waals surface area contributed by atoms with Crippen LogP contribution < -0.4 is 0 Å². The van der Waals surface area contributed by atoms with Gasteiger partial charge in [-0.15, -0.1) is 0 Å². The number of aliphatic hydroxyl groups is 1. The summed E-state index contributed by atoms with van der Waals surface area (Å²) in [6.07, 6.45) is -1.89. The van der Waals surface area contributed by atoms with Crippen LogP contribution in [0.2, 0.25) is 0 Å². The number of rotatable bonds is 1. The summed E-state index contributed by atoms with van der Waals surface area (Å²) < 4.78 is 15.9. The highest BCUT2D eigenvalue weighted by Gasteiger charge is 2.52.